The molecule has 0 fully saturated rings. The van der Waals surface area contributed by atoms with Gasteiger partial charge in [-0.2, -0.15) is 5.10 Å². The second-order valence-electron chi connectivity index (χ2n) is 6.29. The van der Waals surface area contributed by atoms with Crippen molar-refractivity contribution in [2.75, 3.05) is 5.32 Å². The van der Waals surface area contributed by atoms with Crippen molar-refractivity contribution in [1.82, 2.24) is 10.2 Å². The van der Waals surface area contributed by atoms with Crippen LogP contribution in [-0.2, 0) is 5.41 Å². The highest BCUT2D eigenvalue weighted by Crippen LogP contribution is 2.26. The molecule has 3 nitrogen and oxygen atoms in total. The summed E-state index contributed by atoms with van der Waals surface area (Å²) >= 11 is 0. The molecule has 0 radical (unpaired) electrons. The van der Waals surface area contributed by atoms with Gasteiger partial charge in [-0.05, 0) is 30.4 Å². The van der Waals surface area contributed by atoms with E-state index in [1.54, 1.807) is 0 Å². The monoisotopic (exact) mass is 257 g/mol. The summed E-state index contributed by atoms with van der Waals surface area (Å²) in [7, 11) is 0. The molecule has 2 N–H and O–H groups in total. The van der Waals surface area contributed by atoms with Gasteiger partial charge in [-0.25, -0.2) is 0 Å². The third-order valence-electron chi connectivity index (χ3n) is 3.08. The first-order chi connectivity index (χ1) is 8.86. The van der Waals surface area contributed by atoms with Crippen molar-refractivity contribution in [2.45, 2.75) is 46.1 Å². The maximum Gasteiger partial charge on any atom is 0.148 e. The largest absolute Gasteiger partial charge is 0.366 e. The van der Waals surface area contributed by atoms with Crippen LogP contribution in [0.2, 0.25) is 0 Å². The SMILES string of the molecule is CC(C)Nc1cc(-c2ccc(C(C)(C)C)cc2)[nH]n1. The Labute approximate surface area is 115 Å². The predicted molar refractivity (Wildman–Crippen MR) is 81.5 cm³/mol. The van der Waals surface area contributed by atoms with E-state index in [9.17, 15) is 0 Å². The van der Waals surface area contributed by atoms with Crippen LogP contribution >= 0.6 is 0 Å². The van der Waals surface area contributed by atoms with E-state index in [0.29, 0.717) is 6.04 Å². The van der Waals surface area contributed by atoms with Crippen LogP contribution in [0.25, 0.3) is 11.3 Å². The Morgan fingerprint density at radius 2 is 1.74 bits per heavy atom. The minimum Gasteiger partial charge on any atom is -0.366 e. The Balaban J connectivity index is 2.20. The van der Waals surface area contributed by atoms with Gasteiger partial charge in [0.2, 0.25) is 0 Å². The van der Waals surface area contributed by atoms with Crippen LogP contribution in [0.15, 0.2) is 30.3 Å². The maximum atomic E-state index is 4.27. The Kier molecular flexibility index (Phi) is 3.65. The fraction of sp³-hybridized carbons (Fsp3) is 0.438. The van der Waals surface area contributed by atoms with Gasteiger partial charge in [0, 0.05) is 12.1 Å². The molecule has 0 atom stereocenters. The van der Waals surface area contributed by atoms with Gasteiger partial charge < -0.3 is 5.32 Å². The van der Waals surface area contributed by atoms with Gasteiger partial charge in [-0.1, -0.05) is 45.0 Å². The molecule has 0 bridgehead atoms. The molecule has 0 saturated heterocycles. The lowest BCUT2D eigenvalue weighted by Crippen LogP contribution is -2.10. The van der Waals surface area contributed by atoms with Crippen LogP contribution in [0.4, 0.5) is 5.82 Å². The number of nitrogens with zero attached hydrogens (tertiary/aromatic N) is 1. The number of aromatic nitrogens is 2. The first kappa shape index (κ1) is 13.7. The Bertz CT molecular complexity index is 530. The Morgan fingerprint density at radius 3 is 2.26 bits per heavy atom. The number of benzene rings is 1. The van der Waals surface area contributed by atoms with Crippen molar-refractivity contribution in [3.05, 3.63) is 35.9 Å². The predicted octanol–water partition coefficient (Wildman–Crippen LogP) is 4.19. The molecule has 1 aromatic heterocycles. The summed E-state index contributed by atoms with van der Waals surface area (Å²) in [6.45, 7) is 10.9. The molecule has 102 valence electrons. The molecule has 3 heteroatoms. The molecule has 0 saturated carbocycles. The number of aromatic amines is 1. The molecule has 0 aliphatic rings. The third kappa shape index (κ3) is 3.37. The third-order valence-corrected chi connectivity index (χ3v) is 3.08. The van der Waals surface area contributed by atoms with Crippen molar-refractivity contribution in [2.24, 2.45) is 0 Å². The molecule has 19 heavy (non-hydrogen) atoms. The minimum atomic E-state index is 0.191. The van der Waals surface area contributed by atoms with E-state index in [2.05, 4.69) is 74.4 Å². The summed E-state index contributed by atoms with van der Waals surface area (Å²) in [5.74, 6) is 0.893. The van der Waals surface area contributed by atoms with Crippen LogP contribution in [-0.4, -0.2) is 16.2 Å². The van der Waals surface area contributed by atoms with Crippen molar-refractivity contribution >= 4 is 5.82 Å². The first-order valence-corrected chi connectivity index (χ1v) is 6.79. The molecule has 0 amide bonds. The van der Waals surface area contributed by atoms with Crippen LogP contribution in [0.1, 0.15) is 40.2 Å². The molecule has 1 heterocycles. The fourth-order valence-corrected chi connectivity index (χ4v) is 1.99. The second kappa shape index (κ2) is 5.08. The summed E-state index contributed by atoms with van der Waals surface area (Å²) in [6.07, 6.45) is 0. The number of nitrogens with one attached hydrogen (secondary N) is 2. The molecule has 2 aromatic rings. The number of hydrogen-bond donors (Lipinski definition) is 2. The number of rotatable bonds is 3. The van der Waals surface area contributed by atoms with Crippen molar-refractivity contribution in [3.63, 3.8) is 0 Å². The zero-order valence-electron chi connectivity index (χ0n) is 12.4. The van der Waals surface area contributed by atoms with Crippen molar-refractivity contribution in [3.8, 4) is 11.3 Å². The van der Waals surface area contributed by atoms with Gasteiger partial charge in [-0.3, -0.25) is 5.10 Å². The highest BCUT2D eigenvalue weighted by molar-refractivity contribution is 5.63. The lowest BCUT2D eigenvalue weighted by Gasteiger charge is -2.18. The quantitative estimate of drug-likeness (QED) is 0.865. The first-order valence-electron chi connectivity index (χ1n) is 6.79. The van der Waals surface area contributed by atoms with Crippen LogP contribution in [0, 0.1) is 0 Å². The summed E-state index contributed by atoms with van der Waals surface area (Å²) in [5.41, 5.74) is 3.74. The van der Waals surface area contributed by atoms with E-state index in [4.69, 9.17) is 0 Å². The van der Waals surface area contributed by atoms with Crippen LogP contribution < -0.4 is 5.32 Å². The van der Waals surface area contributed by atoms with Gasteiger partial charge in [0.1, 0.15) is 5.82 Å². The molecule has 2 rings (SSSR count). The molecular weight excluding hydrogens is 234 g/mol. The van der Waals surface area contributed by atoms with E-state index < -0.39 is 0 Å². The molecule has 0 unspecified atom stereocenters. The Hall–Kier alpha value is -1.77. The van der Waals surface area contributed by atoms with Gasteiger partial charge in [0.15, 0.2) is 0 Å². The van der Waals surface area contributed by atoms with E-state index in [1.807, 2.05) is 6.07 Å². The van der Waals surface area contributed by atoms with E-state index in [0.717, 1.165) is 17.1 Å². The fourth-order valence-electron chi connectivity index (χ4n) is 1.99. The smallest absolute Gasteiger partial charge is 0.148 e. The molecular formula is C16H23N3. The van der Waals surface area contributed by atoms with Crippen LogP contribution in [0.3, 0.4) is 0 Å². The zero-order chi connectivity index (χ0) is 14.0. The van der Waals surface area contributed by atoms with Gasteiger partial charge >= 0.3 is 0 Å². The molecule has 1 aromatic carbocycles. The number of anilines is 1. The molecule has 0 aliphatic carbocycles. The standard InChI is InChI=1S/C16H23N3/c1-11(2)17-15-10-14(18-19-15)12-6-8-13(9-7-12)16(3,4)5/h6-11H,1-5H3,(H2,17,18,19). The number of hydrogen-bond acceptors (Lipinski definition) is 2. The summed E-state index contributed by atoms with van der Waals surface area (Å²) in [5, 5.41) is 10.6. The van der Waals surface area contributed by atoms with E-state index >= 15 is 0 Å². The highest BCUT2D eigenvalue weighted by atomic mass is 15.2. The maximum absolute atomic E-state index is 4.27. The lowest BCUT2D eigenvalue weighted by molar-refractivity contribution is 0.590. The average Bonchev–Trinajstić information content (AvgIpc) is 2.75. The van der Waals surface area contributed by atoms with Crippen LogP contribution in [0.5, 0.6) is 0 Å². The molecule has 0 spiro atoms. The van der Waals surface area contributed by atoms with Crippen molar-refractivity contribution < 1.29 is 0 Å². The van der Waals surface area contributed by atoms with Crippen molar-refractivity contribution in [1.29, 1.82) is 0 Å². The number of H-pyrrole nitrogens is 1. The van der Waals surface area contributed by atoms with E-state index in [-0.39, 0.29) is 5.41 Å². The summed E-state index contributed by atoms with van der Waals surface area (Å²) < 4.78 is 0. The Morgan fingerprint density at radius 1 is 1.11 bits per heavy atom. The summed E-state index contributed by atoms with van der Waals surface area (Å²) in [4.78, 5) is 0. The highest BCUT2D eigenvalue weighted by Gasteiger charge is 2.13. The minimum absolute atomic E-state index is 0.191. The normalized spacial score (nSPS) is 11.9. The van der Waals surface area contributed by atoms with Gasteiger partial charge in [0.25, 0.3) is 0 Å². The molecule has 0 aliphatic heterocycles. The zero-order valence-corrected chi connectivity index (χ0v) is 12.4. The summed E-state index contributed by atoms with van der Waals surface area (Å²) in [6, 6.07) is 11.1. The van der Waals surface area contributed by atoms with Gasteiger partial charge in [-0.15, -0.1) is 0 Å². The average molecular weight is 257 g/mol. The second-order valence-corrected chi connectivity index (χ2v) is 6.29. The lowest BCUT2D eigenvalue weighted by atomic mass is 9.86. The van der Waals surface area contributed by atoms with Gasteiger partial charge in [0.05, 0.1) is 5.69 Å². The van der Waals surface area contributed by atoms with E-state index in [1.165, 1.54) is 5.56 Å². The topological polar surface area (TPSA) is 40.7 Å².